The van der Waals surface area contributed by atoms with Crippen LogP contribution in [0.5, 0.6) is 5.75 Å². The Morgan fingerprint density at radius 1 is 1.00 bits per heavy atom. The number of rotatable bonds is 9. The van der Waals surface area contributed by atoms with Crippen LogP contribution in [-0.4, -0.2) is 39.6 Å². The largest absolute Gasteiger partial charge is 0.573 e. The van der Waals surface area contributed by atoms with E-state index in [2.05, 4.69) is 30.3 Å². The lowest BCUT2D eigenvalue weighted by Gasteiger charge is -2.13. The predicted molar refractivity (Wildman–Crippen MR) is 106 cm³/mol. The number of benzene rings is 1. The number of alkyl halides is 3. The third-order valence-corrected chi connectivity index (χ3v) is 3.88. The van der Waals surface area contributed by atoms with Gasteiger partial charge in [0.15, 0.2) is 0 Å². The zero-order chi connectivity index (χ0) is 21.4. The monoisotopic (exact) mass is 419 g/mol. The third-order valence-electron chi connectivity index (χ3n) is 3.88. The van der Waals surface area contributed by atoms with Crippen LogP contribution in [0.2, 0.25) is 0 Å². The van der Waals surface area contributed by atoms with Gasteiger partial charge in [0.25, 0.3) is 0 Å². The number of hydrogen-bond acceptors (Lipinski definition) is 7. The number of hydrogen-bond donors (Lipinski definition) is 3. The molecule has 0 aliphatic rings. The van der Waals surface area contributed by atoms with Crippen molar-refractivity contribution < 1.29 is 23.0 Å². The van der Waals surface area contributed by atoms with E-state index in [1.807, 2.05) is 18.2 Å². The Morgan fingerprint density at radius 2 is 1.87 bits per heavy atom. The molecule has 1 aromatic carbocycles. The minimum atomic E-state index is -4.78. The molecule has 7 nitrogen and oxygen atoms in total. The van der Waals surface area contributed by atoms with Gasteiger partial charge in [-0.1, -0.05) is 18.2 Å². The number of pyridine rings is 1. The molecule has 0 aliphatic carbocycles. The van der Waals surface area contributed by atoms with Gasteiger partial charge in [0, 0.05) is 31.0 Å². The fraction of sp³-hybridized carbons (Fsp3) is 0.250. The normalized spacial score (nSPS) is 11.2. The molecule has 2 aromatic heterocycles. The highest BCUT2D eigenvalue weighted by Crippen LogP contribution is 2.28. The second kappa shape index (κ2) is 9.88. The number of nitrogens with one attached hydrogen (secondary N) is 2. The minimum Gasteiger partial charge on any atom is -0.406 e. The van der Waals surface area contributed by atoms with E-state index in [4.69, 9.17) is 5.11 Å². The standard InChI is InChI=1S/C20H20F3N5O2/c21-20(22,23)30-16-7-3-5-14(11-16)17-12-18(26-13-15-6-1-2-8-24-15)28-19(27-17)25-9-4-10-29/h1-3,5-8,11-12,29H,4,9-10,13H2,(H2,25,26,27,28). The summed E-state index contributed by atoms with van der Waals surface area (Å²) >= 11 is 0. The van der Waals surface area contributed by atoms with Gasteiger partial charge in [-0.2, -0.15) is 4.98 Å². The van der Waals surface area contributed by atoms with E-state index < -0.39 is 6.36 Å². The average Bonchev–Trinajstić information content (AvgIpc) is 2.72. The highest BCUT2D eigenvalue weighted by Gasteiger charge is 2.31. The molecule has 30 heavy (non-hydrogen) atoms. The first-order chi connectivity index (χ1) is 14.4. The Labute approximate surface area is 171 Å². The number of aliphatic hydroxyl groups is 1. The zero-order valence-electron chi connectivity index (χ0n) is 15.9. The van der Waals surface area contributed by atoms with Crippen LogP contribution >= 0.6 is 0 Å². The van der Waals surface area contributed by atoms with Gasteiger partial charge in [0.05, 0.1) is 17.9 Å². The second-order valence-corrected chi connectivity index (χ2v) is 6.22. The minimum absolute atomic E-state index is 0.00823. The number of aromatic nitrogens is 3. The molecule has 2 heterocycles. The molecule has 3 N–H and O–H groups in total. The molecule has 0 atom stereocenters. The van der Waals surface area contributed by atoms with E-state index in [0.717, 1.165) is 5.69 Å². The van der Waals surface area contributed by atoms with Gasteiger partial charge in [-0.05, 0) is 30.7 Å². The van der Waals surface area contributed by atoms with Crippen molar-refractivity contribution in [1.82, 2.24) is 15.0 Å². The average molecular weight is 419 g/mol. The SMILES string of the molecule is OCCCNc1nc(NCc2ccccn2)cc(-c2cccc(OC(F)(F)F)c2)n1. The lowest BCUT2D eigenvalue weighted by Crippen LogP contribution is -2.17. The van der Waals surface area contributed by atoms with Crippen LogP contribution in [0.1, 0.15) is 12.1 Å². The van der Waals surface area contributed by atoms with Crippen LogP contribution in [0.3, 0.4) is 0 Å². The highest BCUT2D eigenvalue weighted by molar-refractivity contribution is 5.66. The quantitative estimate of drug-likeness (QED) is 0.454. The number of aliphatic hydroxyl groups excluding tert-OH is 1. The number of ether oxygens (including phenoxy) is 1. The Morgan fingerprint density at radius 3 is 2.60 bits per heavy atom. The van der Waals surface area contributed by atoms with Crippen LogP contribution in [-0.2, 0) is 6.54 Å². The fourth-order valence-electron chi connectivity index (χ4n) is 2.58. The summed E-state index contributed by atoms with van der Waals surface area (Å²) in [7, 11) is 0. The highest BCUT2D eigenvalue weighted by atomic mass is 19.4. The van der Waals surface area contributed by atoms with E-state index in [9.17, 15) is 13.2 Å². The number of nitrogens with zero attached hydrogens (tertiary/aromatic N) is 3. The second-order valence-electron chi connectivity index (χ2n) is 6.22. The molecule has 0 saturated heterocycles. The van der Waals surface area contributed by atoms with Crippen LogP contribution in [0.4, 0.5) is 24.9 Å². The first-order valence-corrected chi connectivity index (χ1v) is 9.17. The van der Waals surface area contributed by atoms with Crippen molar-refractivity contribution >= 4 is 11.8 Å². The van der Waals surface area contributed by atoms with Gasteiger partial charge in [-0.15, -0.1) is 13.2 Å². The Bertz CT molecular complexity index is 955. The molecule has 0 bridgehead atoms. The summed E-state index contributed by atoms with van der Waals surface area (Å²) in [5.74, 6) is 0.419. The van der Waals surface area contributed by atoms with E-state index in [1.165, 1.54) is 18.2 Å². The van der Waals surface area contributed by atoms with Crippen LogP contribution < -0.4 is 15.4 Å². The van der Waals surface area contributed by atoms with Crippen LogP contribution in [0.15, 0.2) is 54.7 Å². The molecule has 10 heteroatoms. The molecule has 0 radical (unpaired) electrons. The lowest BCUT2D eigenvalue weighted by molar-refractivity contribution is -0.274. The van der Waals surface area contributed by atoms with E-state index >= 15 is 0 Å². The van der Waals surface area contributed by atoms with Crippen molar-refractivity contribution in [2.24, 2.45) is 0 Å². The van der Waals surface area contributed by atoms with Crippen molar-refractivity contribution in [2.75, 3.05) is 23.8 Å². The van der Waals surface area contributed by atoms with E-state index in [1.54, 1.807) is 18.3 Å². The maximum absolute atomic E-state index is 12.5. The maximum atomic E-state index is 12.5. The molecule has 0 aliphatic heterocycles. The molecular formula is C20H20F3N5O2. The summed E-state index contributed by atoms with van der Waals surface area (Å²) in [4.78, 5) is 13.0. The van der Waals surface area contributed by atoms with Gasteiger partial charge in [-0.3, -0.25) is 4.98 Å². The first kappa shape index (κ1) is 21.3. The van der Waals surface area contributed by atoms with Gasteiger partial charge in [0.1, 0.15) is 11.6 Å². The number of anilines is 2. The molecule has 0 spiro atoms. The molecule has 0 fully saturated rings. The summed E-state index contributed by atoms with van der Waals surface area (Å²) < 4.78 is 41.6. The van der Waals surface area contributed by atoms with Crippen molar-refractivity contribution in [3.05, 3.63) is 60.4 Å². The Kier molecular flexibility index (Phi) is 7.02. The van der Waals surface area contributed by atoms with Crippen molar-refractivity contribution in [1.29, 1.82) is 0 Å². The van der Waals surface area contributed by atoms with Gasteiger partial charge in [0.2, 0.25) is 5.95 Å². The van der Waals surface area contributed by atoms with Crippen molar-refractivity contribution in [3.63, 3.8) is 0 Å². The number of halogens is 3. The summed E-state index contributed by atoms with van der Waals surface area (Å²) in [5, 5.41) is 15.1. The Balaban J connectivity index is 1.86. The molecular weight excluding hydrogens is 399 g/mol. The zero-order valence-corrected chi connectivity index (χ0v) is 15.9. The fourth-order valence-corrected chi connectivity index (χ4v) is 2.58. The Hall–Kier alpha value is -3.40. The van der Waals surface area contributed by atoms with E-state index in [-0.39, 0.29) is 18.3 Å². The van der Waals surface area contributed by atoms with Crippen molar-refractivity contribution in [3.8, 4) is 17.0 Å². The topological polar surface area (TPSA) is 92.2 Å². The molecule has 3 rings (SSSR count). The van der Waals surface area contributed by atoms with Gasteiger partial charge in [-0.25, -0.2) is 4.98 Å². The lowest BCUT2D eigenvalue weighted by atomic mass is 10.1. The maximum Gasteiger partial charge on any atom is 0.573 e. The predicted octanol–water partition coefficient (Wildman–Crippen LogP) is 3.84. The first-order valence-electron chi connectivity index (χ1n) is 9.17. The summed E-state index contributed by atoms with van der Waals surface area (Å²) in [6.07, 6.45) is -2.60. The molecule has 3 aromatic rings. The summed E-state index contributed by atoms with van der Waals surface area (Å²) in [6.45, 7) is 0.857. The van der Waals surface area contributed by atoms with Crippen molar-refractivity contribution in [2.45, 2.75) is 19.3 Å². The van der Waals surface area contributed by atoms with E-state index in [0.29, 0.717) is 36.6 Å². The molecule has 0 amide bonds. The molecule has 158 valence electrons. The molecule has 0 unspecified atom stereocenters. The molecule has 0 saturated carbocycles. The third kappa shape index (κ3) is 6.59. The van der Waals surface area contributed by atoms with Crippen LogP contribution in [0.25, 0.3) is 11.3 Å². The van der Waals surface area contributed by atoms with Crippen LogP contribution in [0, 0.1) is 0 Å². The van der Waals surface area contributed by atoms with Gasteiger partial charge < -0.3 is 20.5 Å². The smallest absolute Gasteiger partial charge is 0.406 e. The summed E-state index contributed by atoms with van der Waals surface area (Å²) in [5.41, 5.74) is 1.64. The van der Waals surface area contributed by atoms with Gasteiger partial charge >= 0.3 is 6.36 Å². The summed E-state index contributed by atoms with van der Waals surface area (Å²) in [6, 6.07) is 12.7.